The first-order valence-electron chi connectivity index (χ1n) is 10.5. The first kappa shape index (κ1) is 24.3. The van der Waals surface area contributed by atoms with Crippen molar-refractivity contribution in [1.29, 1.82) is 0 Å². The Morgan fingerprint density at radius 1 is 0.912 bits per heavy atom. The number of thiophene rings is 1. The van der Waals surface area contributed by atoms with E-state index in [2.05, 4.69) is 4.98 Å². The van der Waals surface area contributed by atoms with Gasteiger partial charge < -0.3 is 4.74 Å². The van der Waals surface area contributed by atoms with Crippen molar-refractivity contribution in [2.75, 3.05) is 6.61 Å². The van der Waals surface area contributed by atoms with Crippen LogP contribution in [-0.4, -0.2) is 24.3 Å². The molecule has 0 aliphatic rings. The predicted molar refractivity (Wildman–Crippen MR) is 132 cm³/mol. The molecule has 0 amide bonds. The molecule has 4 aromatic rings. The molecule has 0 radical (unpaired) electrons. The maximum absolute atomic E-state index is 13.4. The van der Waals surface area contributed by atoms with Crippen LogP contribution >= 0.6 is 22.9 Å². The summed E-state index contributed by atoms with van der Waals surface area (Å²) in [5.41, 5.74) is 2.59. The normalized spacial score (nSPS) is 11.6. The van der Waals surface area contributed by atoms with Gasteiger partial charge in [-0.15, -0.1) is 11.3 Å². The molecule has 0 unspecified atom stereocenters. The number of ether oxygens (including phenoxy) is 1. The minimum Gasteiger partial charge on any atom is -0.493 e. The van der Waals surface area contributed by atoms with Gasteiger partial charge in [0.1, 0.15) is 15.8 Å². The molecule has 0 fully saturated rings. The molecule has 0 spiro atoms. The summed E-state index contributed by atoms with van der Waals surface area (Å²) in [4.78, 5) is 4.01. The fourth-order valence-electron chi connectivity index (χ4n) is 3.36. The Labute approximate surface area is 207 Å². The van der Waals surface area contributed by atoms with Crippen LogP contribution in [0.2, 0.25) is 4.34 Å². The van der Waals surface area contributed by atoms with Crippen LogP contribution in [0, 0.1) is 5.82 Å². The zero-order valence-corrected chi connectivity index (χ0v) is 20.5. The van der Waals surface area contributed by atoms with Gasteiger partial charge in [-0.2, -0.15) is 4.31 Å². The summed E-state index contributed by atoms with van der Waals surface area (Å²) in [5, 5.41) is 0. The summed E-state index contributed by atoms with van der Waals surface area (Å²) in [7, 11) is -3.77. The van der Waals surface area contributed by atoms with Crippen molar-refractivity contribution in [2.45, 2.75) is 23.7 Å². The predicted octanol–water partition coefficient (Wildman–Crippen LogP) is 5.95. The monoisotopic (exact) mass is 516 g/mol. The molecule has 176 valence electrons. The molecule has 0 saturated heterocycles. The molecule has 2 aromatic carbocycles. The highest BCUT2D eigenvalue weighted by Crippen LogP contribution is 2.30. The fourth-order valence-corrected chi connectivity index (χ4v) is 6.41. The van der Waals surface area contributed by atoms with E-state index in [9.17, 15) is 12.8 Å². The Morgan fingerprint density at radius 3 is 2.35 bits per heavy atom. The zero-order valence-electron chi connectivity index (χ0n) is 18.1. The lowest BCUT2D eigenvalue weighted by atomic mass is 10.1. The van der Waals surface area contributed by atoms with E-state index >= 15 is 0 Å². The molecule has 0 atom stereocenters. The summed E-state index contributed by atoms with van der Waals surface area (Å²) in [6.45, 7) is 0.771. The minimum atomic E-state index is -3.77. The molecular formula is C25H22ClFN2O3S2. The van der Waals surface area contributed by atoms with Gasteiger partial charge in [-0.3, -0.25) is 4.98 Å². The topological polar surface area (TPSA) is 59.5 Å². The van der Waals surface area contributed by atoms with Crippen LogP contribution < -0.4 is 4.74 Å². The van der Waals surface area contributed by atoms with Crippen LogP contribution in [0.4, 0.5) is 4.39 Å². The Balaban J connectivity index is 1.50. The van der Waals surface area contributed by atoms with E-state index in [0.717, 1.165) is 28.0 Å². The van der Waals surface area contributed by atoms with E-state index in [1.165, 1.54) is 22.5 Å². The standard InChI is InChI=1S/C25H22ClFN2O3S2/c26-24-8-9-25(33-24)34(30,31)29(17-20-10-13-28-14-11-20)18-21-2-1-3-23(16-21)32-15-12-19-4-6-22(27)7-5-19/h1-11,13-14,16H,12,15,17-18H2. The molecule has 9 heteroatoms. The quantitative estimate of drug-likeness (QED) is 0.261. The third-order valence-corrected chi connectivity index (χ3v) is 8.57. The highest BCUT2D eigenvalue weighted by atomic mass is 35.5. The SMILES string of the molecule is O=S(=O)(c1ccc(Cl)s1)N(Cc1ccncc1)Cc1cccc(OCCc2ccc(F)cc2)c1. The van der Waals surface area contributed by atoms with Gasteiger partial charge in [0.15, 0.2) is 0 Å². The number of aromatic nitrogens is 1. The van der Waals surface area contributed by atoms with Gasteiger partial charge in [0.25, 0.3) is 10.0 Å². The van der Waals surface area contributed by atoms with Crippen LogP contribution in [0.25, 0.3) is 0 Å². The van der Waals surface area contributed by atoms with Gasteiger partial charge in [-0.25, -0.2) is 12.8 Å². The van der Waals surface area contributed by atoms with Crippen molar-refractivity contribution in [3.05, 3.63) is 112 Å². The van der Waals surface area contributed by atoms with Crippen molar-refractivity contribution >= 4 is 33.0 Å². The fraction of sp³-hybridized carbons (Fsp3) is 0.160. The molecular weight excluding hydrogens is 495 g/mol. The van der Waals surface area contributed by atoms with Crippen LogP contribution in [-0.2, 0) is 29.5 Å². The number of sulfonamides is 1. The lowest BCUT2D eigenvalue weighted by molar-refractivity contribution is 0.320. The molecule has 34 heavy (non-hydrogen) atoms. The van der Waals surface area contributed by atoms with Gasteiger partial charge in [-0.05, 0) is 65.2 Å². The number of hydrogen-bond donors (Lipinski definition) is 0. The second kappa shape index (κ2) is 11.1. The maximum Gasteiger partial charge on any atom is 0.253 e. The largest absolute Gasteiger partial charge is 0.493 e. The van der Waals surface area contributed by atoms with Crippen LogP contribution in [0.5, 0.6) is 5.75 Å². The van der Waals surface area contributed by atoms with Crippen molar-refractivity contribution in [2.24, 2.45) is 0 Å². The summed E-state index contributed by atoms with van der Waals surface area (Å²) in [6, 6.07) is 20.4. The highest BCUT2D eigenvalue weighted by Gasteiger charge is 2.27. The average Bonchev–Trinajstić information content (AvgIpc) is 3.28. The Kier molecular flexibility index (Phi) is 7.95. The first-order valence-corrected chi connectivity index (χ1v) is 13.1. The number of nitrogens with zero attached hydrogens (tertiary/aromatic N) is 2. The summed E-state index contributed by atoms with van der Waals surface area (Å²) in [5.74, 6) is 0.369. The second-order valence-electron chi connectivity index (χ2n) is 7.56. The van der Waals surface area contributed by atoms with Gasteiger partial charge in [0.05, 0.1) is 10.9 Å². The van der Waals surface area contributed by atoms with Crippen molar-refractivity contribution in [1.82, 2.24) is 9.29 Å². The minimum absolute atomic E-state index is 0.162. The average molecular weight is 517 g/mol. The third kappa shape index (κ3) is 6.42. The molecule has 5 nitrogen and oxygen atoms in total. The van der Waals surface area contributed by atoms with Crippen molar-refractivity contribution < 1.29 is 17.5 Å². The zero-order chi connectivity index (χ0) is 24.0. The van der Waals surface area contributed by atoms with Gasteiger partial charge in [0, 0.05) is 31.9 Å². The number of benzene rings is 2. The van der Waals surface area contributed by atoms with Crippen LogP contribution in [0.15, 0.2) is 89.4 Å². The Morgan fingerprint density at radius 2 is 1.65 bits per heavy atom. The molecule has 0 aliphatic carbocycles. The molecule has 2 heterocycles. The smallest absolute Gasteiger partial charge is 0.253 e. The second-order valence-corrected chi connectivity index (χ2v) is 11.4. The molecule has 2 aromatic heterocycles. The van der Waals surface area contributed by atoms with E-state index in [-0.39, 0.29) is 23.1 Å². The van der Waals surface area contributed by atoms with E-state index < -0.39 is 10.0 Å². The first-order chi connectivity index (χ1) is 16.4. The third-order valence-electron chi connectivity index (χ3n) is 5.08. The highest BCUT2D eigenvalue weighted by molar-refractivity contribution is 7.91. The van der Waals surface area contributed by atoms with Crippen molar-refractivity contribution in [3.8, 4) is 5.75 Å². The Bertz CT molecular complexity index is 1330. The molecule has 0 aliphatic heterocycles. The lowest BCUT2D eigenvalue weighted by Gasteiger charge is -2.22. The Hall–Kier alpha value is -2.78. The van der Waals surface area contributed by atoms with E-state index in [1.807, 2.05) is 24.3 Å². The molecule has 4 rings (SSSR count). The van der Waals surface area contributed by atoms with Gasteiger partial charge in [0.2, 0.25) is 0 Å². The summed E-state index contributed by atoms with van der Waals surface area (Å²) in [6.07, 6.45) is 3.90. The number of rotatable bonds is 10. The van der Waals surface area contributed by atoms with E-state index in [1.54, 1.807) is 42.7 Å². The van der Waals surface area contributed by atoms with Gasteiger partial charge in [-0.1, -0.05) is 35.9 Å². The van der Waals surface area contributed by atoms with Crippen LogP contribution in [0.3, 0.4) is 0 Å². The van der Waals surface area contributed by atoms with Gasteiger partial charge >= 0.3 is 0 Å². The number of pyridine rings is 1. The number of hydrogen-bond acceptors (Lipinski definition) is 5. The number of halogens is 2. The summed E-state index contributed by atoms with van der Waals surface area (Å²) >= 11 is 7.04. The maximum atomic E-state index is 13.4. The molecule has 0 bridgehead atoms. The lowest BCUT2D eigenvalue weighted by Crippen LogP contribution is -2.29. The van der Waals surface area contributed by atoms with E-state index in [4.69, 9.17) is 16.3 Å². The molecule has 0 N–H and O–H groups in total. The summed E-state index contributed by atoms with van der Waals surface area (Å²) < 4.78 is 47.8. The molecule has 0 saturated carbocycles. The van der Waals surface area contributed by atoms with Crippen molar-refractivity contribution in [3.63, 3.8) is 0 Å². The van der Waals surface area contributed by atoms with Crippen LogP contribution in [0.1, 0.15) is 16.7 Å². The van der Waals surface area contributed by atoms with E-state index in [0.29, 0.717) is 23.1 Å².